The van der Waals surface area contributed by atoms with E-state index in [1.165, 1.54) is 0 Å². The van der Waals surface area contributed by atoms with Crippen LogP contribution in [0.25, 0.3) is 0 Å². The molecule has 1 aromatic heterocycles. The fraction of sp³-hybridized carbons (Fsp3) is 0.167. The Bertz CT molecular complexity index is 316. The number of nitrogen functional groups attached to an aromatic ring is 1. The molecule has 0 unspecified atom stereocenters. The van der Waals surface area contributed by atoms with E-state index in [1.807, 2.05) is 0 Å². The van der Waals surface area contributed by atoms with Crippen molar-refractivity contribution in [3.63, 3.8) is 0 Å². The monoisotopic (exact) mass is 190 g/mol. The third kappa shape index (κ3) is 2.14. The van der Waals surface area contributed by atoms with Crippen molar-refractivity contribution in [2.75, 3.05) is 0 Å². The molecule has 0 aromatic carbocycles. The summed E-state index contributed by atoms with van der Waals surface area (Å²) in [5.41, 5.74) is 5.06. The second-order valence-corrected chi connectivity index (χ2v) is 2.21. The maximum atomic E-state index is 11.9. The molecule has 4 nitrogen and oxygen atoms in total. The summed E-state index contributed by atoms with van der Waals surface area (Å²) >= 11 is 0. The molecule has 0 radical (unpaired) electrons. The maximum Gasteiger partial charge on any atom is 0.451 e. The number of halogens is 3. The highest BCUT2D eigenvalue weighted by Gasteiger charge is 2.34. The molecule has 1 aromatic rings. The van der Waals surface area contributed by atoms with Gasteiger partial charge in [0.1, 0.15) is 5.84 Å². The van der Waals surface area contributed by atoms with Crippen LogP contribution in [0.2, 0.25) is 0 Å². The van der Waals surface area contributed by atoms with E-state index >= 15 is 0 Å². The van der Waals surface area contributed by atoms with Gasteiger partial charge in [0.05, 0.1) is 5.56 Å². The van der Waals surface area contributed by atoms with E-state index < -0.39 is 12.0 Å². The molecule has 1 rings (SSSR count). The lowest BCUT2D eigenvalue weighted by Crippen LogP contribution is -2.15. The highest BCUT2D eigenvalue weighted by Crippen LogP contribution is 2.25. The Labute approximate surface area is 71.1 Å². The van der Waals surface area contributed by atoms with Gasteiger partial charge in [0.2, 0.25) is 5.82 Å². The van der Waals surface area contributed by atoms with Crippen LogP contribution in [0.4, 0.5) is 13.2 Å². The Morgan fingerprint density at radius 2 is 1.77 bits per heavy atom. The Balaban J connectivity index is 3.01. The van der Waals surface area contributed by atoms with Gasteiger partial charge in [-0.15, -0.1) is 0 Å². The smallest absolute Gasteiger partial charge is 0.384 e. The molecule has 13 heavy (non-hydrogen) atoms. The SMILES string of the molecule is N=C(N)c1cnc(C(F)(F)F)nc1. The third-order valence-corrected chi connectivity index (χ3v) is 1.22. The van der Waals surface area contributed by atoms with Gasteiger partial charge in [-0.1, -0.05) is 0 Å². The normalized spacial score (nSPS) is 11.3. The van der Waals surface area contributed by atoms with Gasteiger partial charge in [-0.25, -0.2) is 9.97 Å². The zero-order valence-corrected chi connectivity index (χ0v) is 6.26. The molecule has 0 bridgehead atoms. The van der Waals surface area contributed by atoms with Gasteiger partial charge in [-0.2, -0.15) is 13.2 Å². The van der Waals surface area contributed by atoms with E-state index in [0.29, 0.717) is 0 Å². The first kappa shape index (κ1) is 9.43. The molecule has 0 fully saturated rings. The van der Waals surface area contributed by atoms with Gasteiger partial charge >= 0.3 is 6.18 Å². The van der Waals surface area contributed by atoms with Crippen LogP contribution in [0.1, 0.15) is 11.4 Å². The van der Waals surface area contributed by atoms with Gasteiger partial charge in [0.25, 0.3) is 0 Å². The minimum Gasteiger partial charge on any atom is -0.384 e. The molecule has 0 saturated heterocycles. The van der Waals surface area contributed by atoms with Crippen molar-refractivity contribution in [1.29, 1.82) is 5.41 Å². The number of nitrogens with zero attached hydrogens (tertiary/aromatic N) is 2. The molecule has 3 N–H and O–H groups in total. The van der Waals surface area contributed by atoms with Crippen LogP contribution in [0.3, 0.4) is 0 Å². The van der Waals surface area contributed by atoms with E-state index in [2.05, 4.69) is 9.97 Å². The zero-order chi connectivity index (χ0) is 10.1. The fourth-order valence-corrected chi connectivity index (χ4v) is 0.614. The molecule has 0 saturated carbocycles. The van der Waals surface area contributed by atoms with Gasteiger partial charge in [-0.3, -0.25) is 5.41 Å². The molecule has 0 aliphatic heterocycles. The standard InChI is InChI=1S/C6H5F3N4/c7-6(8,9)5-12-1-3(2-13-5)4(10)11/h1-2H,(H3,10,11). The highest BCUT2D eigenvalue weighted by molar-refractivity contribution is 5.94. The topological polar surface area (TPSA) is 75.7 Å². The van der Waals surface area contributed by atoms with E-state index in [0.717, 1.165) is 12.4 Å². The minimum atomic E-state index is -4.56. The third-order valence-electron chi connectivity index (χ3n) is 1.22. The van der Waals surface area contributed by atoms with Crippen LogP contribution < -0.4 is 5.73 Å². The lowest BCUT2D eigenvalue weighted by Gasteiger charge is -2.03. The number of nitrogens with one attached hydrogen (secondary N) is 1. The predicted molar refractivity (Wildman–Crippen MR) is 38.1 cm³/mol. The second-order valence-electron chi connectivity index (χ2n) is 2.21. The molecule has 0 aliphatic rings. The Hall–Kier alpha value is -1.66. The maximum absolute atomic E-state index is 11.9. The van der Waals surface area contributed by atoms with Crippen molar-refractivity contribution in [1.82, 2.24) is 9.97 Å². The van der Waals surface area contributed by atoms with E-state index in [9.17, 15) is 13.2 Å². The van der Waals surface area contributed by atoms with Gasteiger partial charge < -0.3 is 5.73 Å². The van der Waals surface area contributed by atoms with Crippen LogP contribution in [0.5, 0.6) is 0 Å². The summed E-state index contributed by atoms with van der Waals surface area (Å²) < 4.78 is 35.7. The Morgan fingerprint density at radius 1 is 1.31 bits per heavy atom. The summed E-state index contributed by atoms with van der Waals surface area (Å²) in [6, 6.07) is 0. The number of rotatable bonds is 1. The predicted octanol–water partition coefficient (Wildman–Crippen LogP) is 0.779. The molecule has 1 heterocycles. The van der Waals surface area contributed by atoms with Crippen molar-refractivity contribution in [3.8, 4) is 0 Å². The average Bonchev–Trinajstić information content (AvgIpc) is 2.03. The van der Waals surface area contributed by atoms with Crippen molar-refractivity contribution in [2.24, 2.45) is 5.73 Å². The highest BCUT2D eigenvalue weighted by atomic mass is 19.4. The lowest BCUT2D eigenvalue weighted by molar-refractivity contribution is -0.145. The number of aromatic nitrogens is 2. The zero-order valence-electron chi connectivity index (χ0n) is 6.26. The van der Waals surface area contributed by atoms with Crippen molar-refractivity contribution in [2.45, 2.75) is 6.18 Å². The summed E-state index contributed by atoms with van der Waals surface area (Å²) in [6.07, 6.45) is -2.84. The molecule has 0 spiro atoms. The summed E-state index contributed by atoms with van der Waals surface area (Å²) in [7, 11) is 0. The number of amidine groups is 1. The Kier molecular flexibility index (Phi) is 2.18. The van der Waals surface area contributed by atoms with Crippen molar-refractivity contribution in [3.05, 3.63) is 23.8 Å². The number of hydrogen-bond donors (Lipinski definition) is 2. The van der Waals surface area contributed by atoms with E-state index in [4.69, 9.17) is 11.1 Å². The summed E-state index contributed by atoms with van der Waals surface area (Å²) in [4.78, 5) is 6.03. The summed E-state index contributed by atoms with van der Waals surface area (Å²) in [6.45, 7) is 0. The van der Waals surface area contributed by atoms with Crippen molar-refractivity contribution >= 4 is 5.84 Å². The first-order valence-corrected chi connectivity index (χ1v) is 3.15. The van der Waals surface area contributed by atoms with Gasteiger partial charge in [-0.05, 0) is 0 Å². The molecule has 7 heteroatoms. The van der Waals surface area contributed by atoms with Crippen molar-refractivity contribution < 1.29 is 13.2 Å². The minimum absolute atomic E-state index is 0.0630. The van der Waals surface area contributed by atoms with Crippen LogP contribution in [-0.4, -0.2) is 15.8 Å². The van der Waals surface area contributed by atoms with Crippen LogP contribution >= 0.6 is 0 Å². The number of hydrogen-bond acceptors (Lipinski definition) is 3. The molecule has 0 amide bonds. The first-order chi connectivity index (χ1) is 5.91. The molecule has 70 valence electrons. The molecular weight excluding hydrogens is 185 g/mol. The number of nitrogens with two attached hydrogens (primary N) is 1. The molecular formula is C6H5F3N4. The van der Waals surface area contributed by atoms with Gasteiger partial charge in [0.15, 0.2) is 0 Å². The summed E-state index contributed by atoms with van der Waals surface area (Å²) in [5, 5.41) is 6.88. The first-order valence-electron chi connectivity index (χ1n) is 3.15. The second kappa shape index (κ2) is 3.00. The fourth-order valence-electron chi connectivity index (χ4n) is 0.614. The van der Waals surface area contributed by atoms with E-state index in [-0.39, 0.29) is 11.4 Å². The van der Waals surface area contributed by atoms with Crippen LogP contribution in [0.15, 0.2) is 12.4 Å². The Morgan fingerprint density at radius 3 is 2.08 bits per heavy atom. The van der Waals surface area contributed by atoms with Gasteiger partial charge in [0, 0.05) is 12.4 Å². The van der Waals surface area contributed by atoms with Crippen LogP contribution in [0, 0.1) is 5.41 Å². The quantitative estimate of drug-likeness (QED) is 0.507. The summed E-state index contributed by atoms with van der Waals surface area (Å²) in [5.74, 6) is -1.61. The van der Waals surface area contributed by atoms with Crippen LogP contribution in [-0.2, 0) is 6.18 Å². The number of alkyl halides is 3. The van der Waals surface area contributed by atoms with E-state index in [1.54, 1.807) is 0 Å². The molecule has 0 atom stereocenters. The molecule has 0 aliphatic carbocycles. The average molecular weight is 190 g/mol. The lowest BCUT2D eigenvalue weighted by atomic mass is 10.3. The largest absolute Gasteiger partial charge is 0.451 e.